The van der Waals surface area contributed by atoms with Crippen molar-refractivity contribution in [1.29, 1.82) is 0 Å². The van der Waals surface area contributed by atoms with Crippen LogP contribution in [0.15, 0.2) is 91.0 Å². The molecule has 0 atom stereocenters. The highest BCUT2D eigenvalue weighted by atomic mass is 16.5. The van der Waals surface area contributed by atoms with E-state index >= 15 is 0 Å². The minimum atomic E-state index is -0.0846. The Morgan fingerprint density at radius 1 is 0.938 bits per heavy atom. The Balaban J connectivity index is 1.31. The molecule has 1 heterocycles. The molecule has 0 bridgehead atoms. The summed E-state index contributed by atoms with van der Waals surface area (Å²) in [6.45, 7) is 1.89. The molecule has 4 rings (SSSR count). The molecular formula is C27H27N3O2. The Hall–Kier alpha value is -3.86. The van der Waals surface area contributed by atoms with Crippen LogP contribution in [0.2, 0.25) is 0 Å². The summed E-state index contributed by atoms with van der Waals surface area (Å²) in [5.74, 6) is 1.79. The molecule has 0 spiro atoms. The Morgan fingerprint density at radius 3 is 2.47 bits per heavy atom. The minimum Gasteiger partial charge on any atom is -0.492 e. The first-order valence-electron chi connectivity index (χ1n) is 10.9. The average molecular weight is 426 g/mol. The van der Waals surface area contributed by atoms with Gasteiger partial charge in [-0.15, -0.1) is 0 Å². The van der Waals surface area contributed by atoms with Crippen molar-refractivity contribution >= 4 is 23.0 Å². The second-order valence-corrected chi connectivity index (χ2v) is 7.47. The first-order chi connectivity index (χ1) is 15.8. The molecule has 0 unspecified atom stereocenters. The molecule has 0 fully saturated rings. The van der Waals surface area contributed by atoms with Crippen LogP contribution < -0.4 is 10.1 Å². The summed E-state index contributed by atoms with van der Waals surface area (Å²) in [6.07, 6.45) is 4.99. The van der Waals surface area contributed by atoms with Crippen LogP contribution in [0.4, 0.5) is 0 Å². The van der Waals surface area contributed by atoms with Crippen LogP contribution in [0.1, 0.15) is 17.8 Å². The second kappa shape index (κ2) is 11.0. The van der Waals surface area contributed by atoms with Crippen molar-refractivity contribution in [2.75, 3.05) is 13.2 Å². The lowest BCUT2D eigenvalue weighted by Crippen LogP contribution is -2.23. The van der Waals surface area contributed by atoms with Crippen LogP contribution in [-0.4, -0.2) is 28.6 Å². The number of benzene rings is 3. The Morgan fingerprint density at radius 2 is 1.66 bits per heavy atom. The zero-order valence-electron chi connectivity index (χ0n) is 18.0. The van der Waals surface area contributed by atoms with Crippen LogP contribution in [0.5, 0.6) is 5.75 Å². The Bertz CT molecular complexity index is 1170. The number of carbonyl (C=O) groups is 1. The predicted octanol–water partition coefficient (Wildman–Crippen LogP) is 4.88. The first kappa shape index (κ1) is 21.4. The summed E-state index contributed by atoms with van der Waals surface area (Å²) in [5.41, 5.74) is 3.10. The zero-order valence-corrected chi connectivity index (χ0v) is 18.0. The molecule has 32 heavy (non-hydrogen) atoms. The third kappa shape index (κ3) is 5.85. The van der Waals surface area contributed by atoms with Crippen LogP contribution in [0.25, 0.3) is 17.1 Å². The lowest BCUT2D eigenvalue weighted by Gasteiger charge is -2.11. The van der Waals surface area contributed by atoms with Gasteiger partial charge in [-0.2, -0.15) is 0 Å². The Labute approximate surface area is 188 Å². The van der Waals surface area contributed by atoms with Gasteiger partial charge in [0.2, 0.25) is 5.91 Å². The molecule has 5 heteroatoms. The number of rotatable bonds is 10. The highest BCUT2D eigenvalue weighted by molar-refractivity contribution is 5.91. The normalized spacial score (nSPS) is 11.1. The van der Waals surface area contributed by atoms with Gasteiger partial charge in [0.25, 0.3) is 0 Å². The van der Waals surface area contributed by atoms with Gasteiger partial charge in [0.05, 0.1) is 17.6 Å². The quantitative estimate of drug-likeness (QED) is 0.291. The van der Waals surface area contributed by atoms with Crippen molar-refractivity contribution in [1.82, 2.24) is 14.9 Å². The van der Waals surface area contributed by atoms with Gasteiger partial charge in [-0.1, -0.05) is 60.7 Å². The largest absolute Gasteiger partial charge is 0.492 e. The molecule has 0 aliphatic heterocycles. The number of nitrogens with zero attached hydrogens (tertiary/aromatic N) is 2. The summed E-state index contributed by atoms with van der Waals surface area (Å²) in [4.78, 5) is 16.9. The monoisotopic (exact) mass is 425 g/mol. The van der Waals surface area contributed by atoms with E-state index < -0.39 is 0 Å². The number of hydrogen-bond acceptors (Lipinski definition) is 3. The summed E-state index contributed by atoms with van der Waals surface area (Å²) >= 11 is 0. The summed E-state index contributed by atoms with van der Waals surface area (Å²) in [5, 5.41) is 2.95. The second-order valence-electron chi connectivity index (χ2n) is 7.47. The van der Waals surface area contributed by atoms with E-state index in [1.165, 1.54) is 0 Å². The van der Waals surface area contributed by atoms with Gasteiger partial charge < -0.3 is 14.6 Å². The molecule has 1 N–H and O–H groups in total. The van der Waals surface area contributed by atoms with Crippen molar-refractivity contribution in [2.24, 2.45) is 0 Å². The molecule has 0 aliphatic rings. The lowest BCUT2D eigenvalue weighted by molar-refractivity contribution is -0.116. The van der Waals surface area contributed by atoms with E-state index in [9.17, 15) is 4.79 Å². The van der Waals surface area contributed by atoms with E-state index in [0.717, 1.165) is 47.6 Å². The number of amides is 1. The van der Waals surface area contributed by atoms with Crippen LogP contribution in [0, 0.1) is 0 Å². The van der Waals surface area contributed by atoms with Crippen LogP contribution in [-0.2, 0) is 17.8 Å². The molecule has 3 aromatic carbocycles. The van der Waals surface area contributed by atoms with Crippen molar-refractivity contribution in [2.45, 2.75) is 19.4 Å². The number of aromatic nitrogens is 2. The van der Waals surface area contributed by atoms with E-state index in [1.54, 1.807) is 6.08 Å². The zero-order chi connectivity index (χ0) is 22.0. The van der Waals surface area contributed by atoms with Crippen molar-refractivity contribution < 1.29 is 9.53 Å². The van der Waals surface area contributed by atoms with Crippen LogP contribution >= 0.6 is 0 Å². The molecule has 0 saturated heterocycles. The van der Waals surface area contributed by atoms with E-state index in [1.807, 2.05) is 84.9 Å². The number of fused-ring (bicyclic) bond motifs is 1. The fourth-order valence-electron chi connectivity index (χ4n) is 3.59. The smallest absolute Gasteiger partial charge is 0.243 e. The maximum absolute atomic E-state index is 12.1. The highest BCUT2D eigenvalue weighted by Gasteiger charge is 2.10. The standard InChI is InChI=1S/C27H27N3O2/c31-27(18-17-22-10-3-1-4-11-22)28-19-9-16-26-29-24-14-7-8-15-25(24)30(26)20-21-32-23-12-5-2-6-13-23/h1-8,10-15,17-18H,9,16,19-21H2,(H,28,31)/b18-17+. The molecule has 1 amide bonds. The van der Waals surface area contributed by atoms with Crippen molar-refractivity contribution in [3.05, 3.63) is 102 Å². The third-order valence-electron chi connectivity index (χ3n) is 5.16. The fraction of sp³-hybridized carbons (Fsp3) is 0.185. The van der Waals surface area contributed by atoms with Gasteiger partial charge in [-0.3, -0.25) is 4.79 Å². The molecule has 5 nitrogen and oxygen atoms in total. The average Bonchev–Trinajstić information content (AvgIpc) is 3.19. The van der Waals surface area contributed by atoms with Gasteiger partial charge in [-0.05, 0) is 42.3 Å². The maximum Gasteiger partial charge on any atom is 0.243 e. The van der Waals surface area contributed by atoms with E-state index in [4.69, 9.17) is 9.72 Å². The number of ether oxygens (including phenoxy) is 1. The maximum atomic E-state index is 12.1. The van der Waals surface area contributed by atoms with Crippen molar-refractivity contribution in [3.8, 4) is 5.75 Å². The number of hydrogen-bond donors (Lipinski definition) is 1. The van der Waals surface area contributed by atoms with Gasteiger partial charge >= 0.3 is 0 Å². The molecule has 0 aliphatic carbocycles. The number of imidazole rings is 1. The van der Waals surface area contributed by atoms with Gasteiger partial charge in [-0.25, -0.2) is 4.98 Å². The number of para-hydroxylation sites is 3. The van der Waals surface area contributed by atoms with E-state index in [2.05, 4.69) is 16.0 Å². The van der Waals surface area contributed by atoms with Gasteiger partial charge in [0, 0.05) is 19.0 Å². The van der Waals surface area contributed by atoms with E-state index in [0.29, 0.717) is 13.2 Å². The molecule has 1 aromatic heterocycles. The molecule has 0 saturated carbocycles. The predicted molar refractivity (Wildman–Crippen MR) is 128 cm³/mol. The van der Waals surface area contributed by atoms with Gasteiger partial charge in [0.15, 0.2) is 0 Å². The highest BCUT2D eigenvalue weighted by Crippen LogP contribution is 2.17. The number of aryl methyl sites for hydroxylation is 1. The van der Waals surface area contributed by atoms with Crippen LogP contribution in [0.3, 0.4) is 0 Å². The number of nitrogens with one attached hydrogen (secondary N) is 1. The fourth-order valence-corrected chi connectivity index (χ4v) is 3.59. The summed E-state index contributed by atoms with van der Waals surface area (Å²) in [7, 11) is 0. The lowest BCUT2D eigenvalue weighted by atomic mass is 10.2. The number of carbonyl (C=O) groups excluding carboxylic acids is 1. The van der Waals surface area contributed by atoms with Crippen molar-refractivity contribution in [3.63, 3.8) is 0 Å². The Kier molecular flexibility index (Phi) is 7.32. The first-order valence-corrected chi connectivity index (χ1v) is 10.9. The van der Waals surface area contributed by atoms with Gasteiger partial charge in [0.1, 0.15) is 18.2 Å². The molecule has 162 valence electrons. The summed E-state index contributed by atoms with van der Waals surface area (Å²) in [6, 6.07) is 27.8. The molecule has 4 aromatic rings. The third-order valence-corrected chi connectivity index (χ3v) is 5.16. The topological polar surface area (TPSA) is 56.2 Å². The minimum absolute atomic E-state index is 0.0846. The molecular weight excluding hydrogens is 398 g/mol. The summed E-state index contributed by atoms with van der Waals surface area (Å²) < 4.78 is 8.11. The molecule has 0 radical (unpaired) electrons. The SMILES string of the molecule is O=C(/C=C/c1ccccc1)NCCCc1nc2ccccc2n1CCOc1ccccc1. The van der Waals surface area contributed by atoms with E-state index in [-0.39, 0.29) is 5.91 Å².